The van der Waals surface area contributed by atoms with E-state index in [1.807, 2.05) is 41.2 Å². The largest absolute Gasteiger partial charge is 0.359 e. The van der Waals surface area contributed by atoms with Crippen LogP contribution >= 0.6 is 0 Å². The molecule has 1 N–H and O–H groups in total. The molecule has 1 aliphatic rings. The number of hydrogen-bond donors (Lipinski definition) is 1. The molecular formula is C17H18N4O. The Morgan fingerprint density at radius 3 is 2.59 bits per heavy atom. The third-order valence-electron chi connectivity index (χ3n) is 3.55. The number of amides is 1. The minimum Gasteiger partial charge on any atom is -0.359 e. The number of aromatic nitrogens is 3. The highest BCUT2D eigenvalue weighted by Gasteiger charge is 2.28. The second-order valence-corrected chi connectivity index (χ2v) is 5.23. The zero-order chi connectivity index (χ0) is 15.4. The molecule has 5 nitrogen and oxygen atoms in total. The summed E-state index contributed by atoms with van der Waals surface area (Å²) in [5, 5.41) is 2.59. The van der Waals surface area contributed by atoms with Gasteiger partial charge in [-0.15, -0.1) is 0 Å². The predicted molar refractivity (Wildman–Crippen MR) is 85.2 cm³/mol. The van der Waals surface area contributed by atoms with Crippen LogP contribution in [0.2, 0.25) is 0 Å². The highest BCUT2D eigenvalue weighted by molar-refractivity contribution is 5.80. The number of rotatable bonds is 2. The zero-order valence-electron chi connectivity index (χ0n) is 12.4. The van der Waals surface area contributed by atoms with Crippen molar-refractivity contribution in [1.82, 2.24) is 19.7 Å². The number of benzene rings is 1. The summed E-state index contributed by atoms with van der Waals surface area (Å²) in [6, 6.07) is 10.2. The second kappa shape index (κ2) is 6.39. The van der Waals surface area contributed by atoms with Gasteiger partial charge in [0.05, 0.1) is 0 Å². The second-order valence-electron chi connectivity index (χ2n) is 5.23. The van der Waals surface area contributed by atoms with E-state index in [0.29, 0.717) is 5.92 Å². The Hall–Kier alpha value is -2.69. The third-order valence-corrected chi connectivity index (χ3v) is 3.55. The van der Waals surface area contributed by atoms with Crippen molar-refractivity contribution >= 4 is 11.7 Å². The number of carbonyl (C=O) groups excluding carboxylic acids is 1. The number of nitrogens with one attached hydrogen (secondary N) is 1. The van der Waals surface area contributed by atoms with Gasteiger partial charge in [0, 0.05) is 43.3 Å². The van der Waals surface area contributed by atoms with Crippen molar-refractivity contribution in [3.8, 4) is 11.1 Å². The summed E-state index contributed by atoms with van der Waals surface area (Å²) in [4.78, 5) is 18.8. The SMILES string of the molecule is CNC(=O)C1CC1.c1ccc(-c2cnc3nccn3c2)cc1. The molecule has 0 radical (unpaired) electrons. The van der Waals surface area contributed by atoms with Gasteiger partial charge in [-0.25, -0.2) is 9.97 Å². The van der Waals surface area contributed by atoms with Gasteiger partial charge >= 0.3 is 0 Å². The molecule has 3 aromatic rings. The Labute approximate surface area is 129 Å². The van der Waals surface area contributed by atoms with Crippen molar-refractivity contribution in [3.05, 3.63) is 55.1 Å². The molecule has 2 aromatic heterocycles. The van der Waals surface area contributed by atoms with Gasteiger partial charge in [-0.05, 0) is 18.4 Å². The van der Waals surface area contributed by atoms with E-state index in [1.54, 1.807) is 13.2 Å². The summed E-state index contributed by atoms with van der Waals surface area (Å²) < 4.78 is 1.92. The van der Waals surface area contributed by atoms with E-state index >= 15 is 0 Å². The molecule has 0 unspecified atom stereocenters. The van der Waals surface area contributed by atoms with Crippen molar-refractivity contribution in [2.45, 2.75) is 12.8 Å². The molecule has 1 aliphatic carbocycles. The summed E-state index contributed by atoms with van der Waals surface area (Å²) >= 11 is 0. The van der Waals surface area contributed by atoms with Crippen LogP contribution in [0.25, 0.3) is 16.9 Å². The number of nitrogens with zero attached hydrogens (tertiary/aromatic N) is 3. The van der Waals surface area contributed by atoms with Gasteiger partial charge in [0.2, 0.25) is 11.7 Å². The molecule has 0 spiro atoms. The van der Waals surface area contributed by atoms with E-state index in [4.69, 9.17) is 0 Å². The van der Waals surface area contributed by atoms with E-state index in [1.165, 1.54) is 5.56 Å². The molecule has 0 bridgehead atoms. The van der Waals surface area contributed by atoms with Gasteiger partial charge in [0.15, 0.2) is 0 Å². The van der Waals surface area contributed by atoms with E-state index in [2.05, 4.69) is 27.4 Å². The maximum atomic E-state index is 10.5. The molecule has 1 amide bonds. The average molecular weight is 294 g/mol. The highest BCUT2D eigenvalue weighted by atomic mass is 16.1. The molecule has 5 heteroatoms. The average Bonchev–Trinajstić information content (AvgIpc) is 3.33. The van der Waals surface area contributed by atoms with Crippen LogP contribution in [-0.4, -0.2) is 27.3 Å². The first kappa shape index (κ1) is 14.3. The molecule has 1 saturated carbocycles. The van der Waals surface area contributed by atoms with E-state index in [0.717, 1.165) is 24.2 Å². The lowest BCUT2D eigenvalue weighted by Crippen LogP contribution is -2.18. The summed E-state index contributed by atoms with van der Waals surface area (Å²) in [6.07, 6.45) is 9.72. The van der Waals surface area contributed by atoms with Crippen LogP contribution in [0.5, 0.6) is 0 Å². The van der Waals surface area contributed by atoms with Crippen LogP contribution in [-0.2, 0) is 4.79 Å². The Balaban J connectivity index is 0.000000174. The lowest BCUT2D eigenvalue weighted by molar-refractivity contribution is -0.121. The van der Waals surface area contributed by atoms with Gasteiger partial charge in [-0.3, -0.25) is 9.20 Å². The highest BCUT2D eigenvalue weighted by Crippen LogP contribution is 2.28. The van der Waals surface area contributed by atoms with Gasteiger partial charge < -0.3 is 5.32 Å². The number of imidazole rings is 1. The molecule has 1 aromatic carbocycles. The van der Waals surface area contributed by atoms with Gasteiger partial charge in [-0.1, -0.05) is 30.3 Å². The van der Waals surface area contributed by atoms with Crippen LogP contribution in [0.4, 0.5) is 0 Å². The minimum absolute atomic E-state index is 0.208. The normalized spacial score (nSPS) is 13.3. The van der Waals surface area contributed by atoms with Crippen LogP contribution in [0.15, 0.2) is 55.1 Å². The topological polar surface area (TPSA) is 59.3 Å². The predicted octanol–water partition coefficient (Wildman–Crippen LogP) is 2.54. The van der Waals surface area contributed by atoms with Gasteiger partial charge in [0.25, 0.3) is 0 Å². The smallest absolute Gasteiger partial charge is 0.233 e. The lowest BCUT2D eigenvalue weighted by Gasteiger charge is -2.00. The Morgan fingerprint density at radius 2 is 1.95 bits per heavy atom. The van der Waals surface area contributed by atoms with Crippen LogP contribution in [0.3, 0.4) is 0 Å². The maximum absolute atomic E-state index is 10.5. The Morgan fingerprint density at radius 1 is 1.18 bits per heavy atom. The summed E-state index contributed by atoms with van der Waals surface area (Å²) in [7, 11) is 1.68. The molecular weight excluding hydrogens is 276 g/mol. The van der Waals surface area contributed by atoms with Gasteiger partial charge in [-0.2, -0.15) is 0 Å². The van der Waals surface area contributed by atoms with Crippen molar-refractivity contribution in [2.75, 3.05) is 7.05 Å². The number of hydrogen-bond acceptors (Lipinski definition) is 3. The summed E-state index contributed by atoms with van der Waals surface area (Å²) in [5.74, 6) is 1.31. The van der Waals surface area contributed by atoms with E-state index in [9.17, 15) is 4.79 Å². The fourth-order valence-electron chi connectivity index (χ4n) is 2.15. The maximum Gasteiger partial charge on any atom is 0.233 e. The monoisotopic (exact) mass is 294 g/mol. The first-order valence-electron chi connectivity index (χ1n) is 7.33. The van der Waals surface area contributed by atoms with Crippen molar-refractivity contribution in [2.24, 2.45) is 5.92 Å². The van der Waals surface area contributed by atoms with Crippen LogP contribution < -0.4 is 5.32 Å². The number of fused-ring (bicyclic) bond motifs is 1. The Bertz CT molecular complexity index is 762. The van der Waals surface area contributed by atoms with Crippen LogP contribution in [0, 0.1) is 5.92 Å². The standard InChI is InChI=1S/C12H9N3.C5H9NO/c1-2-4-10(5-3-1)11-8-14-12-13-6-7-15(12)9-11;1-6-5(7)4-2-3-4/h1-9H;4H,2-3H2,1H3,(H,6,7). The van der Waals surface area contributed by atoms with Crippen molar-refractivity contribution < 1.29 is 4.79 Å². The molecule has 0 aliphatic heterocycles. The first-order valence-corrected chi connectivity index (χ1v) is 7.33. The third kappa shape index (κ3) is 3.31. The zero-order valence-corrected chi connectivity index (χ0v) is 12.4. The van der Waals surface area contributed by atoms with E-state index in [-0.39, 0.29) is 5.91 Å². The fraction of sp³-hybridized carbons (Fsp3) is 0.235. The molecule has 1 fully saturated rings. The fourth-order valence-corrected chi connectivity index (χ4v) is 2.15. The molecule has 22 heavy (non-hydrogen) atoms. The first-order chi connectivity index (χ1) is 10.8. The molecule has 4 rings (SSSR count). The molecule has 0 saturated heterocycles. The minimum atomic E-state index is 0.208. The van der Waals surface area contributed by atoms with Gasteiger partial charge in [0.1, 0.15) is 0 Å². The lowest BCUT2D eigenvalue weighted by atomic mass is 10.1. The molecule has 2 heterocycles. The summed E-state index contributed by atoms with van der Waals surface area (Å²) in [5.41, 5.74) is 2.27. The quantitative estimate of drug-likeness (QED) is 0.790. The molecule has 0 atom stereocenters. The van der Waals surface area contributed by atoms with Crippen LogP contribution in [0.1, 0.15) is 12.8 Å². The Kier molecular flexibility index (Phi) is 4.14. The molecule has 112 valence electrons. The summed E-state index contributed by atoms with van der Waals surface area (Å²) in [6.45, 7) is 0. The number of carbonyl (C=O) groups is 1. The van der Waals surface area contributed by atoms with Crippen molar-refractivity contribution in [3.63, 3.8) is 0 Å². The van der Waals surface area contributed by atoms with Crippen molar-refractivity contribution in [1.29, 1.82) is 0 Å². The van der Waals surface area contributed by atoms with E-state index < -0.39 is 0 Å².